The molecule has 1 atom stereocenters. The highest BCUT2D eigenvalue weighted by atomic mass is 32.2. The Hall–Kier alpha value is -3.13. The lowest BCUT2D eigenvalue weighted by molar-refractivity contribution is -0.121. The van der Waals surface area contributed by atoms with Gasteiger partial charge in [-0.25, -0.2) is 14.5 Å². The number of thioether (sulfide) groups is 1. The van der Waals surface area contributed by atoms with Crippen molar-refractivity contribution in [1.29, 1.82) is 0 Å². The number of carboxylic acids is 2. The predicted octanol–water partition coefficient (Wildman–Crippen LogP) is 2.51. The highest BCUT2D eigenvalue weighted by Gasteiger charge is 2.40. The smallest absolute Gasteiger partial charge is 0.336 e. The number of carbonyl (C=O) groups is 4. The lowest BCUT2D eigenvalue weighted by Crippen LogP contribution is -2.31. The molecule has 3 rings (SSSR count). The Kier molecular flexibility index (Phi) is 4.77. The molecule has 0 saturated carbocycles. The van der Waals surface area contributed by atoms with Crippen molar-refractivity contribution in [3.05, 3.63) is 59.7 Å². The number of benzene rings is 2. The summed E-state index contributed by atoms with van der Waals surface area (Å²) in [6.07, 6.45) is -0.0885. The third-order valence-electron chi connectivity index (χ3n) is 3.84. The molecule has 2 amide bonds. The van der Waals surface area contributed by atoms with Gasteiger partial charge >= 0.3 is 11.9 Å². The van der Waals surface area contributed by atoms with Crippen LogP contribution in [-0.4, -0.2) is 39.2 Å². The monoisotopic (exact) mass is 371 g/mol. The molecule has 2 aromatic rings. The summed E-state index contributed by atoms with van der Waals surface area (Å²) in [6.45, 7) is 0. The number of hydrogen-bond donors (Lipinski definition) is 2. The minimum Gasteiger partial charge on any atom is -0.478 e. The number of amides is 2. The minimum atomic E-state index is -1.16. The average Bonchev–Trinajstić information content (AvgIpc) is 2.89. The topological polar surface area (TPSA) is 112 Å². The van der Waals surface area contributed by atoms with Gasteiger partial charge in [0, 0.05) is 11.3 Å². The normalized spacial score (nSPS) is 16.8. The van der Waals surface area contributed by atoms with E-state index in [0.29, 0.717) is 4.90 Å². The van der Waals surface area contributed by atoms with Crippen LogP contribution in [-0.2, 0) is 9.59 Å². The van der Waals surface area contributed by atoms with Crippen molar-refractivity contribution >= 4 is 41.2 Å². The quantitative estimate of drug-likeness (QED) is 0.777. The van der Waals surface area contributed by atoms with Crippen molar-refractivity contribution in [2.45, 2.75) is 16.6 Å². The van der Waals surface area contributed by atoms with Crippen LogP contribution in [0, 0.1) is 0 Å². The fraction of sp³-hybridized carbons (Fsp3) is 0.111. The second-order valence-electron chi connectivity index (χ2n) is 5.53. The minimum absolute atomic E-state index is 0.0320. The van der Waals surface area contributed by atoms with E-state index in [2.05, 4.69) is 0 Å². The molecular weight excluding hydrogens is 358 g/mol. The van der Waals surface area contributed by atoms with Crippen LogP contribution in [0.15, 0.2) is 53.4 Å². The fourth-order valence-electron chi connectivity index (χ4n) is 2.64. The first-order chi connectivity index (χ1) is 12.4. The van der Waals surface area contributed by atoms with E-state index in [4.69, 9.17) is 5.11 Å². The van der Waals surface area contributed by atoms with Crippen molar-refractivity contribution in [3.8, 4) is 0 Å². The largest absolute Gasteiger partial charge is 0.478 e. The zero-order valence-corrected chi connectivity index (χ0v) is 14.1. The van der Waals surface area contributed by atoms with Gasteiger partial charge in [0.25, 0.3) is 0 Å². The van der Waals surface area contributed by atoms with Crippen molar-refractivity contribution in [3.63, 3.8) is 0 Å². The van der Waals surface area contributed by atoms with Gasteiger partial charge in [-0.3, -0.25) is 9.59 Å². The summed E-state index contributed by atoms with van der Waals surface area (Å²) in [5.41, 5.74) is 0.217. The van der Waals surface area contributed by atoms with E-state index in [-0.39, 0.29) is 23.2 Å². The summed E-state index contributed by atoms with van der Waals surface area (Å²) in [4.78, 5) is 48.7. The van der Waals surface area contributed by atoms with E-state index in [1.807, 2.05) is 0 Å². The molecule has 1 aliphatic rings. The first kappa shape index (κ1) is 17.7. The average molecular weight is 371 g/mol. The standard InChI is InChI=1S/C18H13NO6S/c20-15-9-14(26-13-7-2-1-6-12(13)18(24)25)16(21)19(15)11-5-3-4-10(8-11)17(22)23/h1-8,14H,9H2,(H,22,23)(H,24,25)/t14-/m1/s1. The molecule has 1 fully saturated rings. The molecule has 0 bridgehead atoms. The molecule has 7 nitrogen and oxygen atoms in total. The van der Waals surface area contributed by atoms with Crippen molar-refractivity contribution in [2.75, 3.05) is 4.90 Å². The van der Waals surface area contributed by atoms with Gasteiger partial charge in [-0.05, 0) is 30.3 Å². The van der Waals surface area contributed by atoms with Gasteiger partial charge in [0.1, 0.15) is 0 Å². The number of carboxylic acid groups (broad SMARTS) is 2. The molecule has 0 unspecified atom stereocenters. The Balaban J connectivity index is 1.87. The third-order valence-corrected chi connectivity index (χ3v) is 5.11. The maximum absolute atomic E-state index is 12.7. The Morgan fingerprint density at radius 1 is 1.00 bits per heavy atom. The number of carbonyl (C=O) groups excluding carboxylic acids is 2. The van der Waals surface area contributed by atoms with E-state index >= 15 is 0 Å². The third kappa shape index (κ3) is 3.31. The first-order valence-electron chi connectivity index (χ1n) is 7.57. The van der Waals surface area contributed by atoms with Gasteiger partial charge in [-0.2, -0.15) is 0 Å². The molecule has 1 saturated heterocycles. The van der Waals surface area contributed by atoms with E-state index in [0.717, 1.165) is 16.7 Å². The SMILES string of the molecule is O=C(O)c1cccc(N2C(=O)C[C@@H](Sc3ccccc3C(=O)O)C2=O)c1. The Morgan fingerprint density at radius 3 is 2.42 bits per heavy atom. The molecule has 1 aliphatic heterocycles. The van der Waals surface area contributed by atoms with Crippen molar-refractivity contribution < 1.29 is 29.4 Å². The van der Waals surface area contributed by atoms with E-state index < -0.39 is 29.0 Å². The second-order valence-corrected chi connectivity index (χ2v) is 6.78. The molecule has 2 N–H and O–H groups in total. The van der Waals surface area contributed by atoms with Crippen molar-refractivity contribution in [1.82, 2.24) is 0 Å². The number of imide groups is 1. The lowest BCUT2D eigenvalue weighted by atomic mass is 10.2. The molecule has 0 spiro atoms. The molecule has 0 radical (unpaired) electrons. The highest BCUT2D eigenvalue weighted by Crippen LogP contribution is 2.35. The maximum atomic E-state index is 12.7. The maximum Gasteiger partial charge on any atom is 0.336 e. The summed E-state index contributed by atoms with van der Waals surface area (Å²) < 4.78 is 0. The molecule has 1 heterocycles. The number of nitrogens with zero attached hydrogens (tertiary/aromatic N) is 1. The van der Waals surface area contributed by atoms with Crippen LogP contribution in [0.1, 0.15) is 27.1 Å². The van der Waals surface area contributed by atoms with E-state index in [1.165, 1.54) is 30.3 Å². The van der Waals surface area contributed by atoms with E-state index in [1.54, 1.807) is 18.2 Å². The Bertz CT molecular complexity index is 925. The molecular formula is C18H13NO6S. The van der Waals surface area contributed by atoms with E-state index in [9.17, 15) is 24.3 Å². The zero-order valence-electron chi connectivity index (χ0n) is 13.3. The Morgan fingerprint density at radius 2 is 1.73 bits per heavy atom. The summed E-state index contributed by atoms with van der Waals surface area (Å²) in [5, 5.41) is 17.5. The summed E-state index contributed by atoms with van der Waals surface area (Å²) in [5.74, 6) is -3.23. The van der Waals surface area contributed by atoms with Crippen LogP contribution < -0.4 is 4.90 Å². The van der Waals surface area contributed by atoms with Crippen LogP contribution in [0.2, 0.25) is 0 Å². The number of anilines is 1. The van der Waals surface area contributed by atoms with Gasteiger partial charge in [0.2, 0.25) is 11.8 Å². The second kappa shape index (κ2) is 7.01. The first-order valence-corrected chi connectivity index (χ1v) is 8.45. The molecule has 0 aliphatic carbocycles. The summed E-state index contributed by atoms with van der Waals surface area (Å²) in [7, 11) is 0. The van der Waals surface area contributed by atoms with Crippen LogP contribution in [0.3, 0.4) is 0 Å². The Labute approximate surface area is 152 Å². The van der Waals surface area contributed by atoms with Crippen LogP contribution in [0.5, 0.6) is 0 Å². The fourth-order valence-corrected chi connectivity index (χ4v) is 3.82. The number of hydrogen-bond acceptors (Lipinski definition) is 5. The van der Waals surface area contributed by atoms with Crippen LogP contribution >= 0.6 is 11.8 Å². The highest BCUT2D eigenvalue weighted by molar-refractivity contribution is 8.00. The summed E-state index contributed by atoms with van der Waals surface area (Å²) in [6, 6.07) is 11.8. The van der Waals surface area contributed by atoms with Crippen molar-refractivity contribution in [2.24, 2.45) is 0 Å². The van der Waals surface area contributed by atoms with Gasteiger partial charge in [-0.1, -0.05) is 18.2 Å². The predicted molar refractivity (Wildman–Crippen MR) is 93.6 cm³/mol. The molecule has 26 heavy (non-hydrogen) atoms. The summed E-state index contributed by atoms with van der Waals surface area (Å²) >= 11 is 1.02. The van der Waals surface area contributed by atoms with Crippen LogP contribution in [0.25, 0.3) is 0 Å². The van der Waals surface area contributed by atoms with Crippen LogP contribution in [0.4, 0.5) is 5.69 Å². The molecule has 8 heteroatoms. The molecule has 132 valence electrons. The zero-order chi connectivity index (χ0) is 18.8. The number of rotatable bonds is 5. The molecule has 0 aromatic heterocycles. The van der Waals surface area contributed by atoms with Gasteiger partial charge in [0.05, 0.1) is 22.1 Å². The lowest BCUT2D eigenvalue weighted by Gasteiger charge is -2.15. The van der Waals surface area contributed by atoms with Gasteiger partial charge in [-0.15, -0.1) is 11.8 Å². The van der Waals surface area contributed by atoms with Gasteiger partial charge in [0.15, 0.2) is 0 Å². The molecule has 2 aromatic carbocycles. The number of aromatic carboxylic acids is 2. The van der Waals surface area contributed by atoms with Gasteiger partial charge < -0.3 is 10.2 Å².